The zero-order valence-electron chi connectivity index (χ0n) is 14.4. The number of fused-ring (bicyclic) bond motifs is 1. The molecular weight excluding hydrogens is 419 g/mol. The van der Waals surface area contributed by atoms with E-state index in [1.807, 2.05) is 30.3 Å². The Bertz CT molecular complexity index is 1220. The summed E-state index contributed by atoms with van der Waals surface area (Å²) in [5, 5.41) is 2.19. The predicted molar refractivity (Wildman–Crippen MR) is 114 cm³/mol. The third kappa shape index (κ3) is 3.88. The van der Waals surface area contributed by atoms with Crippen molar-refractivity contribution in [2.75, 3.05) is 0 Å². The zero-order chi connectivity index (χ0) is 19.7. The molecule has 0 atom stereocenters. The number of rotatable bonds is 4. The largest absolute Gasteiger partial charge is 0.487 e. The first-order valence-electron chi connectivity index (χ1n) is 8.41. The summed E-state index contributed by atoms with van der Waals surface area (Å²) in [6.07, 6.45) is 0. The molecule has 0 N–H and O–H groups in total. The molecule has 3 aromatic carbocycles. The average Bonchev–Trinajstić information content (AvgIpc) is 2.68. The van der Waals surface area contributed by atoms with E-state index in [-0.39, 0.29) is 6.61 Å². The van der Waals surface area contributed by atoms with Gasteiger partial charge in [0.1, 0.15) is 17.9 Å². The molecule has 0 bridgehead atoms. The van der Waals surface area contributed by atoms with Crippen molar-refractivity contribution >= 4 is 45.8 Å². The molecule has 0 saturated carbocycles. The molecule has 1 heterocycles. The van der Waals surface area contributed by atoms with E-state index in [1.165, 1.54) is 6.07 Å². The first-order chi connectivity index (χ1) is 13.5. The van der Waals surface area contributed by atoms with Gasteiger partial charge in [0.15, 0.2) is 0 Å². The smallest absolute Gasteiger partial charge is 0.336 e. The maximum Gasteiger partial charge on any atom is 0.336 e. The van der Waals surface area contributed by atoms with Crippen molar-refractivity contribution in [2.45, 2.75) is 6.61 Å². The number of halogens is 3. The molecule has 6 heteroatoms. The maximum absolute atomic E-state index is 12.1. The van der Waals surface area contributed by atoms with Crippen molar-refractivity contribution in [1.82, 2.24) is 0 Å². The lowest BCUT2D eigenvalue weighted by Crippen LogP contribution is -2.00. The predicted octanol–water partition coefficient (Wildman–Crippen LogP) is 7.00. The van der Waals surface area contributed by atoms with Gasteiger partial charge in [0, 0.05) is 33.1 Å². The normalized spacial score (nSPS) is 11.0. The minimum absolute atomic E-state index is 0.198. The summed E-state index contributed by atoms with van der Waals surface area (Å²) < 4.78 is 11.2. The van der Waals surface area contributed by atoms with E-state index >= 15 is 0 Å². The topological polar surface area (TPSA) is 39.4 Å². The fourth-order valence-corrected chi connectivity index (χ4v) is 3.61. The van der Waals surface area contributed by atoms with Crippen molar-refractivity contribution in [3.8, 4) is 16.9 Å². The second-order valence-corrected chi connectivity index (χ2v) is 7.40. The van der Waals surface area contributed by atoms with Gasteiger partial charge in [-0.3, -0.25) is 0 Å². The van der Waals surface area contributed by atoms with Gasteiger partial charge in [-0.1, -0.05) is 71.2 Å². The van der Waals surface area contributed by atoms with Crippen LogP contribution in [0, 0.1) is 0 Å². The average molecular weight is 432 g/mol. The van der Waals surface area contributed by atoms with Gasteiger partial charge >= 0.3 is 5.63 Å². The van der Waals surface area contributed by atoms with Crippen molar-refractivity contribution in [1.29, 1.82) is 0 Å². The van der Waals surface area contributed by atoms with E-state index in [4.69, 9.17) is 44.0 Å². The quantitative estimate of drug-likeness (QED) is 0.327. The SMILES string of the molecule is O=c1cc(-c2ccccc2)c2cc(Cl)c(OCc3ccc(Cl)cc3Cl)cc2o1. The Morgan fingerprint density at radius 2 is 1.64 bits per heavy atom. The Labute approximate surface area is 176 Å². The van der Waals surface area contributed by atoms with Crippen LogP contribution in [0.2, 0.25) is 15.1 Å². The molecule has 0 amide bonds. The van der Waals surface area contributed by atoms with Gasteiger partial charge in [0.25, 0.3) is 0 Å². The number of ether oxygens (including phenoxy) is 1. The van der Waals surface area contributed by atoms with Gasteiger partial charge in [-0.15, -0.1) is 0 Å². The van der Waals surface area contributed by atoms with Crippen LogP contribution >= 0.6 is 34.8 Å². The Balaban J connectivity index is 1.73. The van der Waals surface area contributed by atoms with Crippen LogP contribution in [0.3, 0.4) is 0 Å². The Morgan fingerprint density at radius 3 is 2.39 bits per heavy atom. The van der Waals surface area contributed by atoms with Gasteiger partial charge in [0.2, 0.25) is 0 Å². The van der Waals surface area contributed by atoms with E-state index in [2.05, 4.69) is 0 Å². The molecule has 140 valence electrons. The molecule has 0 spiro atoms. The van der Waals surface area contributed by atoms with Crippen LogP contribution in [0.4, 0.5) is 0 Å². The summed E-state index contributed by atoms with van der Waals surface area (Å²) in [4.78, 5) is 12.1. The fourth-order valence-electron chi connectivity index (χ4n) is 2.92. The summed E-state index contributed by atoms with van der Waals surface area (Å²) >= 11 is 18.5. The van der Waals surface area contributed by atoms with Gasteiger partial charge < -0.3 is 9.15 Å². The van der Waals surface area contributed by atoms with Crippen molar-refractivity contribution in [3.05, 3.63) is 97.8 Å². The number of hydrogen-bond donors (Lipinski definition) is 0. The second-order valence-electron chi connectivity index (χ2n) is 6.15. The van der Waals surface area contributed by atoms with E-state index < -0.39 is 5.63 Å². The summed E-state index contributed by atoms with van der Waals surface area (Å²) in [5.74, 6) is 0.397. The van der Waals surface area contributed by atoms with Crippen LogP contribution in [0.5, 0.6) is 5.75 Å². The lowest BCUT2D eigenvalue weighted by atomic mass is 10.0. The molecular formula is C22H13Cl3O3. The third-order valence-electron chi connectivity index (χ3n) is 4.28. The molecule has 0 aliphatic carbocycles. The van der Waals surface area contributed by atoms with Crippen LogP contribution in [-0.4, -0.2) is 0 Å². The number of benzene rings is 3. The molecule has 4 rings (SSSR count). The van der Waals surface area contributed by atoms with E-state index in [9.17, 15) is 4.79 Å². The Hall–Kier alpha value is -2.46. The molecule has 3 nitrogen and oxygen atoms in total. The van der Waals surface area contributed by atoms with Crippen LogP contribution in [-0.2, 0) is 6.61 Å². The minimum atomic E-state index is -0.444. The highest BCUT2D eigenvalue weighted by atomic mass is 35.5. The minimum Gasteiger partial charge on any atom is -0.487 e. The molecule has 0 radical (unpaired) electrons. The van der Waals surface area contributed by atoms with E-state index in [0.29, 0.717) is 26.4 Å². The van der Waals surface area contributed by atoms with Crippen molar-refractivity contribution < 1.29 is 9.15 Å². The van der Waals surface area contributed by atoms with Gasteiger partial charge in [-0.25, -0.2) is 4.79 Å². The highest BCUT2D eigenvalue weighted by Crippen LogP contribution is 2.35. The van der Waals surface area contributed by atoms with Gasteiger partial charge in [-0.2, -0.15) is 0 Å². The lowest BCUT2D eigenvalue weighted by molar-refractivity contribution is 0.306. The standard InChI is InChI=1S/C22H13Cl3O3/c23-15-7-6-14(18(24)8-15)12-27-21-11-20-17(9-19(21)25)16(10-22(26)28-20)13-4-2-1-3-5-13/h1-11H,12H2. The first kappa shape index (κ1) is 18.9. The maximum atomic E-state index is 12.1. The van der Waals surface area contributed by atoms with Gasteiger partial charge in [-0.05, 0) is 29.3 Å². The van der Waals surface area contributed by atoms with E-state index in [0.717, 1.165) is 22.1 Å². The highest BCUT2D eigenvalue weighted by molar-refractivity contribution is 6.35. The van der Waals surface area contributed by atoms with Crippen LogP contribution in [0.25, 0.3) is 22.1 Å². The summed E-state index contributed by atoms with van der Waals surface area (Å²) in [7, 11) is 0. The fraction of sp³-hybridized carbons (Fsp3) is 0.0455. The summed E-state index contributed by atoms with van der Waals surface area (Å²) in [6, 6.07) is 19.6. The van der Waals surface area contributed by atoms with Crippen molar-refractivity contribution in [3.63, 3.8) is 0 Å². The van der Waals surface area contributed by atoms with E-state index in [1.54, 1.807) is 30.3 Å². The third-order valence-corrected chi connectivity index (χ3v) is 5.16. The summed E-state index contributed by atoms with van der Waals surface area (Å²) in [6.45, 7) is 0.198. The molecule has 0 fully saturated rings. The number of hydrogen-bond acceptors (Lipinski definition) is 3. The Morgan fingerprint density at radius 1 is 0.857 bits per heavy atom. The lowest BCUT2D eigenvalue weighted by Gasteiger charge is -2.12. The van der Waals surface area contributed by atoms with Gasteiger partial charge in [0.05, 0.1) is 5.02 Å². The van der Waals surface area contributed by atoms with Crippen LogP contribution < -0.4 is 10.4 Å². The monoisotopic (exact) mass is 430 g/mol. The highest BCUT2D eigenvalue weighted by Gasteiger charge is 2.13. The molecule has 28 heavy (non-hydrogen) atoms. The molecule has 1 aromatic heterocycles. The van der Waals surface area contributed by atoms with Crippen molar-refractivity contribution in [2.24, 2.45) is 0 Å². The Kier molecular flexibility index (Phi) is 5.31. The first-order valence-corrected chi connectivity index (χ1v) is 9.54. The van der Waals surface area contributed by atoms with Crippen LogP contribution in [0.1, 0.15) is 5.56 Å². The molecule has 0 aliphatic rings. The molecule has 0 saturated heterocycles. The molecule has 4 aromatic rings. The molecule has 0 aliphatic heterocycles. The zero-order valence-corrected chi connectivity index (χ0v) is 16.7. The van der Waals surface area contributed by atoms with Crippen LogP contribution in [0.15, 0.2) is 75.9 Å². The second kappa shape index (κ2) is 7.88. The summed E-state index contributed by atoms with van der Waals surface area (Å²) in [5.41, 5.74) is 2.37. The molecule has 0 unspecified atom stereocenters.